The first-order valence-corrected chi connectivity index (χ1v) is 9.62. The highest BCUT2D eigenvalue weighted by Gasteiger charge is 2.08. The van der Waals surface area contributed by atoms with E-state index >= 15 is 0 Å². The molecule has 0 unspecified atom stereocenters. The first-order chi connectivity index (χ1) is 17.9. The molecule has 0 aliphatic rings. The van der Waals surface area contributed by atoms with Crippen LogP contribution < -0.4 is 11.1 Å². The molecule has 3 rings (SSSR count). The summed E-state index contributed by atoms with van der Waals surface area (Å²) in [4.78, 5) is 16.3. The fourth-order valence-electron chi connectivity index (χ4n) is 2.33. The lowest BCUT2D eigenvalue weighted by Crippen LogP contribution is -2.14. The summed E-state index contributed by atoms with van der Waals surface area (Å²) in [7, 11) is 0. The Hall–Kier alpha value is -2.70. The molecule has 4 N–H and O–H groups in total. The summed E-state index contributed by atoms with van der Waals surface area (Å²) in [5.74, 6) is -0.969. The third kappa shape index (κ3) is 6.69. The van der Waals surface area contributed by atoms with Gasteiger partial charge in [0.25, 0.3) is 0 Å². The molecule has 1 heterocycles. The third-order valence-electron chi connectivity index (χ3n) is 3.77. The van der Waals surface area contributed by atoms with Crippen LogP contribution in [-0.4, -0.2) is 16.0 Å². The van der Waals surface area contributed by atoms with Crippen molar-refractivity contribution in [1.82, 2.24) is 4.98 Å². The standard InChI is InChI=1S/C23H27N3O2S/c1-16-6-10-18(11-7-16)21(27)5-3-2-4-17-8-12-19(13-9-17)25-22(28)14-20-15-29-23(24)26-20/h6-13,15,21,27H,2-5,14H2,1H3,(H2,24,26)(H,25,28)/t21-/m0/s1/i2D2,5D2,6D,7D,10D,11D,14D2. The second-order valence-corrected chi connectivity index (χ2v) is 6.99. The lowest BCUT2D eigenvalue weighted by atomic mass is 10.0. The van der Waals surface area contributed by atoms with Gasteiger partial charge in [0.1, 0.15) is 0 Å². The van der Waals surface area contributed by atoms with Gasteiger partial charge in [-0.05, 0) is 49.4 Å². The molecule has 2 aromatic carbocycles. The zero-order valence-electron chi connectivity index (χ0n) is 25.7. The summed E-state index contributed by atoms with van der Waals surface area (Å²) in [5.41, 5.74) is 5.59. The molecule has 152 valence electrons. The summed E-state index contributed by atoms with van der Waals surface area (Å²) in [6.45, 7) is 1.38. The predicted octanol–water partition coefficient (Wildman–Crippen LogP) is 4.66. The largest absolute Gasteiger partial charge is 0.388 e. The van der Waals surface area contributed by atoms with Gasteiger partial charge < -0.3 is 16.2 Å². The van der Waals surface area contributed by atoms with Gasteiger partial charge >= 0.3 is 0 Å². The van der Waals surface area contributed by atoms with E-state index in [2.05, 4.69) is 10.3 Å². The van der Waals surface area contributed by atoms with Crippen molar-refractivity contribution in [2.75, 3.05) is 11.1 Å². The minimum Gasteiger partial charge on any atom is -0.388 e. The molecule has 0 aliphatic heterocycles. The molecule has 1 aromatic heterocycles. The molecule has 0 fully saturated rings. The van der Waals surface area contributed by atoms with E-state index in [0.29, 0.717) is 5.56 Å². The van der Waals surface area contributed by atoms with Gasteiger partial charge in [0, 0.05) is 19.3 Å². The number of carbonyl (C=O) groups excluding carboxylic acids is 1. The minimum atomic E-state index is -2.64. The van der Waals surface area contributed by atoms with Crippen LogP contribution in [0.4, 0.5) is 10.8 Å². The maximum Gasteiger partial charge on any atom is 0.230 e. The van der Waals surface area contributed by atoms with E-state index < -0.39 is 67.3 Å². The van der Waals surface area contributed by atoms with Crippen molar-refractivity contribution in [3.63, 3.8) is 0 Å². The maximum absolute atomic E-state index is 12.5. The van der Waals surface area contributed by atoms with Crippen LogP contribution >= 0.6 is 11.3 Å². The van der Waals surface area contributed by atoms with Crippen molar-refractivity contribution in [2.24, 2.45) is 0 Å². The summed E-state index contributed by atoms with van der Waals surface area (Å²) in [6, 6.07) is 3.89. The molecule has 0 aliphatic carbocycles. The Bertz CT molecular complexity index is 1350. The number of nitrogen functional groups attached to an aromatic ring is 1. The molecule has 0 spiro atoms. The number of aromatic nitrogens is 1. The number of hydrogen-bond acceptors (Lipinski definition) is 5. The van der Waals surface area contributed by atoms with Crippen molar-refractivity contribution in [3.05, 3.63) is 76.2 Å². The molecule has 0 saturated heterocycles. The summed E-state index contributed by atoms with van der Waals surface area (Å²) in [6.07, 6.45) is -10.5. The third-order valence-corrected chi connectivity index (χ3v) is 4.44. The van der Waals surface area contributed by atoms with Crippen LogP contribution in [0.1, 0.15) is 61.4 Å². The number of benzene rings is 2. The van der Waals surface area contributed by atoms with Gasteiger partial charge in [-0.15, -0.1) is 11.3 Å². The molecule has 1 atom stereocenters. The quantitative estimate of drug-likeness (QED) is 0.471. The highest BCUT2D eigenvalue weighted by atomic mass is 32.1. The Morgan fingerprint density at radius 1 is 1.31 bits per heavy atom. The zero-order chi connectivity index (χ0) is 29.5. The lowest BCUT2D eigenvalue weighted by molar-refractivity contribution is -0.115. The van der Waals surface area contributed by atoms with Gasteiger partial charge in [-0.3, -0.25) is 4.79 Å². The van der Waals surface area contributed by atoms with Gasteiger partial charge in [0.2, 0.25) is 5.91 Å². The van der Waals surface area contributed by atoms with E-state index in [-0.39, 0.29) is 28.5 Å². The van der Waals surface area contributed by atoms with E-state index in [1.165, 1.54) is 36.6 Å². The number of nitrogens with one attached hydrogen (secondary N) is 1. The van der Waals surface area contributed by atoms with Gasteiger partial charge in [-0.25, -0.2) is 4.98 Å². The molecule has 6 heteroatoms. The van der Waals surface area contributed by atoms with Gasteiger partial charge in [-0.1, -0.05) is 48.3 Å². The topological polar surface area (TPSA) is 88.2 Å². The molecule has 3 aromatic rings. The average Bonchev–Trinajstić information content (AvgIpc) is 3.29. The van der Waals surface area contributed by atoms with Crippen molar-refractivity contribution in [2.45, 2.75) is 45.0 Å². The second-order valence-electron chi connectivity index (χ2n) is 6.10. The maximum atomic E-state index is 12.5. The van der Waals surface area contributed by atoms with Crippen LogP contribution in [0, 0.1) is 6.92 Å². The van der Waals surface area contributed by atoms with Crippen molar-refractivity contribution < 1.29 is 23.6 Å². The molecule has 5 nitrogen and oxygen atoms in total. The number of thiazole rings is 1. The number of anilines is 2. The number of hydrogen-bond donors (Lipinski definition) is 3. The Labute approximate surface area is 189 Å². The summed E-state index contributed by atoms with van der Waals surface area (Å²) in [5, 5.41) is 14.6. The fourth-order valence-corrected chi connectivity index (χ4v) is 2.82. The van der Waals surface area contributed by atoms with Gasteiger partial charge in [0.05, 0.1) is 23.7 Å². The Balaban J connectivity index is 1.72. The number of amides is 1. The molecule has 0 bridgehead atoms. The molecule has 0 radical (unpaired) electrons. The van der Waals surface area contributed by atoms with Gasteiger partial charge in [0.15, 0.2) is 5.13 Å². The van der Waals surface area contributed by atoms with Gasteiger partial charge in [-0.2, -0.15) is 0 Å². The lowest BCUT2D eigenvalue weighted by Gasteiger charge is -2.11. The van der Waals surface area contributed by atoms with Crippen molar-refractivity contribution in [1.29, 1.82) is 0 Å². The molecule has 29 heavy (non-hydrogen) atoms. The highest BCUT2D eigenvalue weighted by molar-refractivity contribution is 7.13. The Morgan fingerprint density at radius 3 is 2.69 bits per heavy atom. The Kier molecular flexibility index (Phi) is 4.03. The number of carbonyl (C=O) groups is 1. The smallest absolute Gasteiger partial charge is 0.230 e. The van der Waals surface area contributed by atoms with E-state index in [1.54, 1.807) is 0 Å². The average molecular weight is 420 g/mol. The monoisotopic (exact) mass is 419 g/mol. The highest BCUT2D eigenvalue weighted by Crippen LogP contribution is 2.21. The molecular weight excluding hydrogens is 382 g/mol. The SMILES string of the molecule is [2H]c1c([2H])c([C@@H](O)C([2H])([2H])CC([2H])([2H])Cc2ccc(NC(=O)C([2H])([2H])c3csc(N)n3)cc2)c([2H])c([2H])c1C. The number of aliphatic hydroxyl groups is 1. The van der Waals surface area contributed by atoms with Crippen LogP contribution in [0.3, 0.4) is 0 Å². The van der Waals surface area contributed by atoms with Crippen LogP contribution in [0.5, 0.6) is 0 Å². The number of nitrogens with zero attached hydrogens (tertiary/aromatic N) is 1. The zero-order valence-corrected chi connectivity index (χ0v) is 16.5. The van der Waals surface area contributed by atoms with Crippen molar-refractivity contribution >= 4 is 28.1 Å². The number of aryl methyl sites for hydroxylation is 1. The first-order valence-electron chi connectivity index (χ1n) is 13.7. The van der Waals surface area contributed by atoms with E-state index in [4.69, 9.17) is 19.4 Å². The summed E-state index contributed by atoms with van der Waals surface area (Å²) < 4.78 is 81.4. The second kappa shape index (κ2) is 10.2. The Morgan fingerprint density at radius 2 is 2.03 bits per heavy atom. The van der Waals surface area contributed by atoms with Crippen LogP contribution in [0.25, 0.3) is 0 Å². The fraction of sp³-hybridized carbons (Fsp3) is 0.304. The van der Waals surface area contributed by atoms with Crippen LogP contribution in [0.2, 0.25) is 0 Å². The summed E-state index contributed by atoms with van der Waals surface area (Å²) >= 11 is 1.00. The van der Waals surface area contributed by atoms with Crippen molar-refractivity contribution in [3.8, 4) is 0 Å². The van der Waals surface area contributed by atoms with E-state index in [1.807, 2.05) is 0 Å². The number of nitrogens with two attached hydrogens (primary N) is 1. The predicted molar refractivity (Wildman–Crippen MR) is 119 cm³/mol. The van der Waals surface area contributed by atoms with E-state index in [0.717, 1.165) is 11.3 Å². The van der Waals surface area contributed by atoms with Crippen LogP contribution in [-0.2, 0) is 17.6 Å². The van der Waals surface area contributed by atoms with Crippen LogP contribution in [0.15, 0.2) is 53.8 Å². The normalized spacial score (nSPS) is 18.4. The number of aliphatic hydroxyl groups excluding tert-OH is 1. The first kappa shape index (κ1) is 11.5. The molecule has 0 saturated carbocycles. The molecular formula is C23H27N3O2S. The minimum absolute atomic E-state index is 0.0560. The molecule has 1 amide bonds. The number of rotatable bonds is 9. The van der Waals surface area contributed by atoms with E-state index in [9.17, 15) is 9.90 Å².